The molecule has 0 atom stereocenters. The van der Waals surface area contributed by atoms with Crippen molar-refractivity contribution >= 4 is 53.4 Å². The van der Waals surface area contributed by atoms with Gasteiger partial charge in [-0.15, -0.1) is 0 Å². The van der Waals surface area contributed by atoms with E-state index >= 15 is 0 Å². The maximum Gasteiger partial charge on any atom is 0.305 e. The molecular weight excluding hydrogens is 1250 g/mol. The fourth-order valence-corrected chi connectivity index (χ4v) is 8.52. The molecular formula is C65H120N6O24. The van der Waals surface area contributed by atoms with Crippen LogP contribution in [-0.4, -0.2) is 266 Å². The van der Waals surface area contributed by atoms with E-state index in [-0.39, 0.29) is 120 Å². The molecule has 0 heterocycles. The van der Waals surface area contributed by atoms with E-state index in [0.29, 0.717) is 184 Å². The first-order valence-corrected chi connectivity index (χ1v) is 34.5. The zero-order valence-corrected chi connectivity index (χ0v) is 56.9. The van der Waals surface area contributed by atoms with Gasteiger partial charge in [0.2, 0.25) is 35.4 Å². The Balaban J connectivity index is 4.38. The minimum atomic E-state index is -0.907. The third-order valence-electron chi connectivity index (χ3n) is 13.8. The second-order valence-electron chi connectivity index (χ2n) is 22.1. The molecule has 0 aliphatic carbocycles. The maximum atomic E-state index is 12.7. The smallest absolute Gasteiger partial charge is 0.305 e. The molecule has 0 spiro atoms. The number of amides is 6. The predicted molar refractivity (Wildman–Crippen MR) is 350 cm³/mol. The standard InChI is InChI=1S/C65H120N6O24/c72-57(69-30-41-89-47-53-92-50-44-86-37-24-63(78)79)16-10-4-1-7-13-27-66-60(75)21-35-84-33-19-56(95-40-23-62(77)68-29-15-9-3-6-12-18-59(74)71-32-43-91-49-55-94-52-46-88-39-26-65(82)83)20-34-85-36-22-61(76)67-28-14-8-2-5-11-17-58(73)70-31-42-90-48-54-93-51-45-87-38-25-64(80)81/h56H,1-55H2,(H,66,75)(H,67,76)(H,68,77)(H,69,72)(H,70,73)(H,71,74)(H,78,79)(H,80,81)(H,82,83). The first kappa shape index (κ1) is 89.8. The van der Waals surface area contributed by atoms with Gasteiger partial charge in [0.1, 0.15) is 0 Å². The van der Waals surface area contributed by atoms with Crippen LogP contribution in [0.2, 0.25) is 0 Å². The molecule has 0 bridgehead atoms. The number of hydrogen-bond acceptors (Lipinski definition) is 21. The lowest BCUT2D eigenvalue weighted by atomic mass is 10.1. The summed E-state index contributed by atoms with van der Waals surface area (Å²) >= 11 is 0. The lowest BCUT2D eigenvalue weighted by Gasteiger charge is -2.18. The highest BCUT2D eigenvalue weighted by Gasteiger charge is 2.13. The Morgan fingerprint density at radius 1 is 0.211 bits per heavy atom. The van der Waals surface area contributed by atoms with Crippen LogP contribution in [-0.2, 0) is 100.0 Å². The molecule has 0 saturated carbocycles. The summed E-state index contributed by atoms with van der Waals surface area (Å²) in [6.45, 7) is 10.0. The molecule has 95 heavy (non-hydrogen) atoms. The van der Waals surface area contributed by atoms with E-state index in [9.17, 15) is 43.2 Å². The van der Waals surface area contributed by atoms with Gasteiger partial charge in [0, 0.05) is 91.0 Å². The van der Waals surface area contributed by atoms with Gasteiger partial charge in [-0.05, 0) is 51.4 Å². The minimum Gasteiger partial charge on any atom is -0.481 e. The number of carbonyl (C=O) groups is 9. The number of ether oxygens (including phenoxy) is 12. The predicted octanol–water partition coefficient (Wildman–Crippen LogP) is 3.65. The number of carboxylic acids is 3. The molecule has 0 fully saturated rings. The Morgan fingerprint density at radius 2 is 0.421 bits per heavy atom. The van der Waals surface area contributed by atoms with Crippen molar-refractivity contribution in [3.8, 4) is 0 Å². The van der Waals surface area contributed by atoms with Crippen molar-refractivity contribution in [2.24, 2.45) is 0 Å². The number of aliphatic carboxylic acids is 3. The van der Waals surface area contributed by atoms with Gasteiger partial charge in [0.05, 0.1) is 164 Å². The maximum absolute atomic E-state index is 12.7. The molecule has 30 heteroatoms. The van der Waals surface area contributed by atoms with E-state index in [1.165, 1.54) is 0 Å². The number of rotatable bonds is 76. The Morgan fingerprint density at radius 3 is 0.716 bits per heavy atom. The second kappa shape index (κ2) is 71.5. The van der Waals surface area contributed by atoms with Crippen LogP contribution < -0.4 is 31.9 Å². The summed E-state index contributed by atoms with van der Waals surface area (Å²) in [6.07, 6.45) is 15.7. The highest BCUT2D eigenvalue weighted by Crippen LogP contribution is 2.10. The molecule has 0 rings (SSSR count). The Bertz CT molecular complexity index is 1810. The van der Waals surface area contributed by atoms with Gasteiger partial charge in [0.25, 0.3) is 0 Å². The summed E-state index contributed by atoms with van der Waals surface area (Å²) in [7, 11) is 0. The van der Waals surface area contributed by atoms with E-state index in [1.807, 2.05) is 0 Å². The summed E-state index contributed by atoms with van der Waals surface area (Å²) in [5.74, 6) is -3.11. The van der Waals surface area contributed by atoms with Gasteiger partial charge in [-0.2, -0.15) is 0 Å². The van der Waals surface area contributed by atoms with Gasteiger partial charge in [0.15, 0.2) is 0 Å². The van der Waals surface area contributed by atoms with Crippen LogP contribution in [0, 0.1) is 0 Å². The fourth-order valence-electron chi connectivity index (χ4n) is 8.52. The normalized spacial score (nSPS) is 11.2. The molecule has 554 valence electrons. The van der Waals surface area contributed by atoms with Crippen LogP contribution in [0.3, 0.4) is 0 Å². The van der Waals surface area contributed by atoms with Gasteiger partial charge in [-0.25, -0.2) is 0 Å². The number of carboxylic acid groups (broad SMARTS) is 3. The molecule has 0 aromatic carbocycles. The van der Waals surface area contributed by atoms with Gasteiger partial charge in [-0.3, -0.25) is 43.2 Å². The summed E-state index contributed by atoms with van der Waals surface area (Å²) in [5.41, 5.74) is 0. The molecule has 0 aliphatic heterocycles. The molecule has 9 N–H and O–H groups in total. The molecule has 0 aromatic rings. The fraction of sp³-hybridized carbons (Fsp3) is 0.862. The van der Waals surface area contributed by atoms with Crippen molar-refractivity contribution in [1.29, 1.82) is 0 Å². The summed E-state index contributed by atoms with van der Waals surface area (Å²) in [5, 5.41) is 43.1. The van der Waals surface area contributed by atoms with E-state index in [2.05, 4.69) is 31.9 Å². The van der Waals surface area contributed by atoms with Gasteiger partial charge < -0.3 is 104 Å². The lowest BCUT2D eigenvalue weighted by Crippen LogP contribution is -2.28. The van der Waals surface area contributed by atoms with Crippen molar-refractivity contribution < 1.29 is 115 Å². The Hall–Kier alpha value is -5.25. The third-order valence-corrected chi connectivity index (χ3v) is 13.8. The quantitative estimate of drug-likeness (QED) is 0.0392. The molecule has 0 aromatic heterocycles. The van der Waals surface area contributed by atoms with Crippen molar-refractivity contribution in [2.75, 3.05) is 191 Å². The van der Waals surface area contributed by atoms with Crippen LogP contribution in [0.25, 0.3) is 0 Å². The molecule has 0 aliphatic rings. The number of carbonyl (C=O) groups excluding carboxylic acids is 6. The SMILES string of the molecule is O=C(O)CCOCCOCCOCCNC(=O)CCCCCCCNC(=O)CCOCCC(CCOCCC(=O)NCCCCCCCC(=O)NCCOCCOCCOCCC(=O)O)OCCC(=O)NCCCCCCCC(=O)NCCOCCOCCOCCC(=O)O. The third kappa shape index (κ3) is 74.4. The molecule has 6 amide bonds. The highest BCUT2D eigenvalue weighted by molar-refractivity contribution is 5.77. The summed E-state index contributed by atoms with van der Waals surface area (Å²) in [6, 6.07) is 0. The summed E-state index contributed by atoms with van der Waals surface area (Å²) in [4.78, 5) is 106. The Kier molecular flexibility index (Phi) is 67.6. The average Bonchev–Trinajstić information content (AvgIpc) is 3.76. The molecule has 0 radical (unpaired) electrons. The average molecular weight is 1370 g/mol. The van der Waals surface area contributed by atoms with E-state index in [1.54, 1.807) is 0 Å². The lowest BCUT2D eigenvalue weighted by molar-refractivity contribution is -0.139. The van der Waals surface area contributed by atoms with Gasteiger partial charge >= 0.3 is 17.9 Å². The van der Waals surface area contributed by atoms with Crippen LogP contribution >= 0.6 is 0 Å². The summed E-state index contributed by atoms with van der Waals surface area (Å²) < 4.78 is 65.6. The first-order valence-electron chi connectivity index (χ1n) is 34.5. The van der Waals surface area contributed by atoms with Crippen LogP contribution in [0.1, 0.15) is 167 Å². The van der Waals surface area contributed by atoms with Crippen LogP contribution in [0.5, 0.6) is 0 Å². The van der Waals surface area contributed by atoms with Crippen molar-refractivity contribution in [1.82, 2.24) is 31.9 Å². The Labute approximate surface area is 563 Å². The van der Waals surface area contributed by atoms with Crippen LogP contribution in [0.15, 0.2) is 0 Å². The molecule has 0 saturated heterocycles. The van der Waals surface area contributed by atoms with E-state index in [4.69, 9.17) is 72.2 Å². The minimum absolute atomic E-state index is 0.0238. The topological polar surface area (TPSA) is 397 Å². The number of unbranched alkanes of at least 4 members (excludes halogenated alkanes) is 12. The number of nitrogens with one attached hydrogen (secondary N) is 6. The largest absolute Gasteiger partial charge is 0.481 e. The monoisotopic (exact) mass is 1370 g/mol. The van der Waals surface area contributed by atoms with E-state index < -0.39 is 17.9 Å². The number of hydrogen-bond donors (Lipinski definition) is 9. The second-order valence-corrected chi connectivity index (χ2v) is 22.1. The highest BCUT2D eigenvalue weighted by atomic mass is 16.6. The van der Waals surface area contributed by atoms with Crippen LogP contribution in [0.4, 0.5) is 0 Å². The zero-order chi connectivity index (χ0) is 69.4. The van der Waals surface area contributed by atoms with Crippen molar-refractivity contribution in [2.45, 2.75) is 173 Å². The van der Waals surface area contributed by atoms with E-state index in [0.717, 1.165) is 96.3 Å². The van der Waals surface area contributed by atoms with Gasteiger partial charge in [-0.1, -0.05) is 57.8 Å². The molecule has 30 nitrogen and oxygen atoms in total. The van der Waals surface area contributed by atoms with Crippen molar-refractivity contribution in [3.63, 3.8) is 0 Å². The zero-order valence-electron chi connectivity index (χ0n) is 56.9. The first-order chi connectivity index (χ1) is 46.3. The molecule has 0 unspecified atom stereocenters. The van der Waals surface area contributed by atoms with Crippen molar-refractivity contribution in [3.05, 3.63) is 0 Å².